The van der Waals surface area contributed by atoms with Crippen LogP contribution in [0.2, 0.25) is 0 Å². The van der Waals surface area contributed by atoms with Gasteiger partial charge in [0.15, 0.2) is 5.92 Å². The Hall–Kier alpha value is -2.51. The van der Waals surface area contributed by atoms with Gasteiger partial charge >= 0.3 is 11.9 Å². The van der Waals surface area contributed by atoms with E-state index in [9.17, 15) is 19.7 Å². The Bertz CT molecular complexity index is 579. The lowest BCUT2D eigenvalue weighted by atomic mass is 9.98. The van der Waals surface area contributed by atoms with Gasteiger partial charge in [-0.05, 0) is 33.8 Å². The van der Waals surface area contributed by atoms with Crippen molar-refractivity contribution in [2.24, 2.45) is 0 Å². The summed E-state index contributed by atoms with van der Waals surface area (Å²) in [5.41, 5.74) is -1.39. The first kappa shape index (κ1) is 17.5. The first-order valence-corrected chi connectivity index (χ1v) is 6.65. The first-order chi connectivity index (χ1) is 10.2. The van der Waals surface area contributed by atoms with Crippen LogP contribution in [0.1, 0.15) is 39.2 Å². The lowest BCUT2D eigenvalue weighted by Gasteiger charge is -2.23. The van der Waals surface area contributed by atoms with E-state index >= 15 is 0 Å². The van der Waals surface area contributed by atoms with Gasteiger partial charge in [-0.25, -0.2) is 0 Å². The number of esters is 2. The van der Waals surface area contributed by atoms with Crippen molar-refractivity contribution in [2.45, 2.75) is 39.2 Å². The molecule has 120 valence electrons. The van der Waals surface area contributed by atoms with Gasteiger partial charge in [-0.1, -0.05) is 0 Å². The molecule has 0 aliphatic carbocycles. The van der Waals surface area contributed by atoms with Crippen molar-refractivity contribution in [1.82, 2.24) is 4.98 Å². The van der Waals surface area contributed by atoms with Crippen molar-refractivity contribution in [3.8, 4) is 0 Å². The summed E-state index contributed by atoms with van der Waals surface area (Å²) in [4.78, 5) is 38.4. The van der Waals surface area contributed by atoms with E-state index in [4.69, 9.17) is 9.47 Å². The third kappa shape index (κ3) is 4.51. The summed E-state index contributed by atoms with van der Waals surface area (Å²) in [5.74, 6) is -3.33. The molecule has 0 aliphatic heterocycles. The van der Waals surface area contributed by atoms with Gasteiger partial charge in [0.05, 0.1) is 17.1 Å². The second-order valence-corrected chi connectivity index (χ2v) is 5.41. The molecule has 0 unspecified atom stereocenters. The number of ether oxygens (including phenoxy) is 2. The molecule has 0 saturated heterocycles. The lowest BCUT2D eigenvalue weighted by Crippen LogP contribution is -2.32. The van der Waals surface area contributed by atoms with E-state index in [1.807, 2.05) is 0 Å². The molecule has 0 spiro atoms. The van der Waals surface area contributed by atoms with Gasteiger partial charge in [-0.15, -0.1) is 0 Å². The van der Waals surface area contributed by atoms with Gasteiger partial charge in [0.25, 0.3) is 5.69 Å². The van der Waals surface area contributed by atoms with Gasteiger partial charge in [0.1, 0.15) is 11.8 Å². The van der Waals surface area contributed by atoms with Crippen molar-refractivity contribution in [3.05, 3.63) is 34.1 Å². The zero-order valence-corrected chi connectivity index (χ0v) is 12.9. The van der Waals surface area contributed by atoms with Crippen LogP contribution in [0, 0.1) is 10.1 Å². The molecular weight excluding hydrogens is 292 g/mol. The number of hydrogen-bond acceptors (Lipinski definition) is 7. The average Bonchev–Trinajstić information content (AvgIpc) is 2.37. The third-order valence-electron chi connectivity index (χ3n) is 2.51. The van der Waals surface area contributed by atoms with Crippen LogP contribution in [0.25, 0.3) is 0 Å². The maximum Gasteiger partial charge on any atom is 0.325 e. The molecular formula is C14H18N2O6. The van der Waals surface area contributed by atoms with E-state index in [-0.39, 0.29) is 12.2 Å². The van der Waals surface area contributed by atoms with Gasteiger partial charge in [-0.2, -0.15) is 0 Å². The molecule has 0 radical (unpaired) electrons. The van der Waals surface area contributed by atoms with E-state index < -0.39 is 34.1 Å². The van der Waals surface area contributed by atoms with Crippen LogP contribution in [0.3, 0.4) is 0 Å². The quantitative estimate of drug-likeness (QED) is 0.354. The van der Waals surface area contributed by atoms with Crippen molar-refractivity contribution >= 4 is 17.6 Å². The molecule has 8 heteroatoms. The number of pyridine rings is 1. The summed E-state index contributed by atoms with van der Waals surface area (Å²) < 4.78 is 10.0. The van der Waals surface area contributed by atoms with E-state index in [1.165, 1.54) is 12.3 Å². The maximum absolute atomic E-state index is 12.3. The summed E-state index contributed by atoms with van der Waals surface area (Å²) in [5, 5.41) is 11.1. The minimum atomic E-state index is -1.53. The molecule has 1 aromatic heterocycles. The van der Waals surface area contributed by atoms with Crippen LogP contribution in [0.15, 0.2) is 18.5 Å². The van der Waals surface area contributed by atoms with E-state index in [1.54, 1.807) is 27.7 Å². The Balaban J connectivity index is 3.30. The molecule has 1 atom stereocenters. The summed E-state index contributed by atoms with van der Waals surface area (Å²) in [6.45, 7) is 6.51. The predicted molar refractivity (Wildman–Crippen MR) is 76.1 cm³/mol. The smallest absolute Gasteiger partial charge is 0.325 e. The Morgan fingerprint density at radius 3 is 2.50 bits per heavy atom. The number of carbonyl (C=O) groups excluding carboxylic acids is 2. The molecule has 0 bridgehead atoms. The Morgan fingerprint density at radius 2 is 2.00 bits per heavy atom. The normalized spacial score (nSPS) is 12.4. The molecule has 0 aromatic carbocycles. The van der Waals surface area contributed by atoms with Gasteiger partial charge in [-0.3, -0.25) is 24.7 Å². The number of nitro groups is 1. The van der Waals surface area contributed by atoms with Gasteiger partial charge in [0, 0.05) is 6.20 Å². The van der Waals surface area contributed by atoms with Crippen LogP contribution >= 0.6 is 0 Å². The Morgan fingerprint density at radius 1 is 1.36 bits per heavy atom. The van der Waals surface area contributed by atoms with E-state index in [0.717, 1.165) is 6.20 Å². The average molecular weight is 310 g/mol. The molecule has 8 nitrogen and oxygen atoms in total. The molecule has 0 N–H and O–H groups in total. The van der Waals surface area contributed by atoms with Crippen LogP contribution in [-0.2, 0) is 19.1 Å². The largest absolute Gasteiger partial charge is 0.465 e. The Labute approximate surface area is 127 Å². The lowest BCUT2D eigenvalue weighted by molar-refractivity contribution is -0.386. The molecule has 0 amide bonds. The minimum Gasteiger partial charge on any atom is -0.465 e. The van der Waals surface area contributed by atoms with Gasteiger partial charge in [0.2, 0.25) is 0 Å². The van der Waals surface area contributed by atoms with Crippen LogP contribution in [0.4, 0.5) is 5.69 Å². The number of rotatable bonds is 5. The number of carbonyl (C=O) groups is 2. The zero-order valence-electron chi connectivity index (χ0n) is 12.9. The van der Waals surface area contributed by atoms with Crippen LogP contribution in [-0.4, -0.2) is 34.1 Å². The SMILES string of the molecule is CCOC(=O)[C@H](C(=O)OC(C)(C)C)c1ccncc1[N+](=O)[O-]. The summed E-state index contributed by atoms with van der Waals surface area (Å²) >= 11 is 0. The van der Waals surface area contributed by atoms with Crippen molar-refractivity contribution in [2.75, 3.05) is 6.61 Å². The predicted octanol–water partition coefficient (Wildman–Crippen LogP) is 1.98. The first-order valence-electron chi connectivity index (χ1n) is 6.65. The molecule has 1 rings (SSSR count). The fourth-order valence-electron chi connectivity index (χ4n) is 1.73. The summed E-state index contributed by atoms with van der Waals surface area (Å²) in [6.07, 6.45) is 2.24. The van der Waals surface area contributed by atoms with Crippen molar-refractivity contribution in [1.29, 1.82) is 0 Å². The number of hydrogen-bond donors (Lipinski definition) is 0. The topological polar surface area (TPSA) is 109 Å². The molecule has 22 heavy (non-hydrogen) atoms. The summed E-state index contributed by atoms with van der Waals surface area (Å²) in [7, 11) is 0. The van der Waals surface area contributed by atoms with Crippen LogP contribution in [0.5, 0.6) is 0 Å². The number of nitrogens with zero attached hydrogens (tertiary/aromatic N) is 2. The van der Waals surface area contributed by atoms with E-state index in [2.05, 4.69) is 4.98 Å². The molecule has 1 aromatic rings. The molecule has 1 heterocycles. The second kappa shape index (κ2) is 6.97. The van der Waals surface area contributed by atoms with Crippen molar-refractivity contribution in [3.63, 3.8) is 0 Å². The fraction of sp³-hybridized carbons (Fsp3) is 0.500. The monoisotopic (exact) mass is 310 g/mol. The van der Waals surface area contributed by atoms with Gasteiger partial charge < -0.3 is 9.47 Å². The Kier molecular flexibility index (Phi) is 5.56. The minimum absolute atomic E-state index is 0.0387. The maximum atomic E-state index is 12.3. The van der Waals surface area contributed by atoms with E-state index in [0.29, 0.717) is 0 Å². The highest BCUT2D eigenvalue weighted by Gasteiger charge is 2.38. The second-order valence-electron chi connectivity index (χ2n) is 5.41. The highest BCUT2D eigenvalue weighted by molar-refractivity contribution is 6.01. The summed E-state index contributed by atoms with van der Waals surface area (Å²) in [6, 6.07) is 1.24. The molecule has 0 saturated carbocycles. The standard InChI is InChI=1S/C14H18N2O6/c1-5-21-12(17)11(13(18)22-14(2,3)4)9-6-7-15-8-10(9)16(19)20/h6-8,11H,5H2,1-4H3/t11-/m1/s1. The zero-order chi connectivity index (χ0) is 16.9. The fourth-order valence-corrected chi connectivity index (χ4v) is 1.73. The van der Waals surface area contributed by atoms with Crippen molar-refractivity contribution < 1.29 is 24.0 Å². The highest BCUT2D eigenvalue weighted by Crippen LogP contribution is 2.29. The highest BCUT2D eigenvalue weighted by atomic mass is 16.6. The number of aromatic nitrogens is 1. The third-order valence-corrected chi connectivity index (χ3v) is 2.51. The molecule has 0 aliphatic rings. The molecule has 0 fully saturated rings. The van der Waals surface area contributed by atoms with Crippen LogP contribution < -0.4 is 0 Å².